The van der Waals surface area contributed by atoms with E-state index in [4.69, 9.17) is 0 Å². The van der Waals surface area contributed by atoms with Gasteiger partial charge in [-0.05, 0) is 12.1 Å². The molecule has 0 aliphatic rings. The van der Waals surface area contributed by atoms with Gasteiger partial charge in [0.1, 0.15) is 0 Å². The van der Waals surface area contributed by atoms with E-state index in [0.29, 0.717) is 11.1 Å². The average Bonchev–Trinajstić information content (AvgIpc) is 2.45. The van der Waals surface area contributed by atoms with Crippen molar-refractivity contribution in [1.29, 1.82) is 0 Å². The lowest BCUT2D eigenvalue weighted by Gasteiger charge is -2.04. The van der Waals surface area contributed by atoms with Gasteiger partial charge in [-0.25, -0.2) is 4.99 Å². The fourth-order valence-electron chi connectivity index (χ4n) is 1.67. The van der Waals surface area contributed by atoms with E-state index in [1.165, 1.54) is 0 Å². The molecule has 0 spiro atoms. The van der Waals surface area contributed by atoms with Crippen molar-refractivity contribution in [2.45, 2.75) is 0 Å². The Hall–Kier alpha value is -2.42. The van der Waals surface area contributed by atoms with E-state index in [1.54, 1.807) is 12.4 Å². The zero-order valence-electron chi connectivity index (χ0n) is 11.1. The molecule has 0 radical (unpaired) electrons. The van der Waals surface area contributed by atoms with E-state index in [2.05, 4.69) is 4.99 Å². The molecule has 0 saturated carbocycles. The summed E-state index contributed by atoms with van der Waals surface area (Å²) in [5, 5.41) is 0. The maximum absolute atomic E-state index is 12.3. The summed E-state index contributed by atoms with van der Waals surface area (Å²) in [7, 11) is 3.81. The van der Waals surface area contributed by atoms with Crippen LogP contribution in [0.5, 0.6) is 0 Å². The SMILES string of the molecule is CN(C)C=Nc1cccc(C(=O)c2ccccc2)c1. The molecule has 96 valence electrons. The lowest BCUT2D eigenvalue weighted by atomic mass is 10.0. The third kappa shape index (κ3) is 3.52. The number of hydrogen-bond acceptors (Lipinski definition) is 2. The minimum absolute atomic E-state index is 0.0162. The number of benzene rings is 2. The lowest BCUT2D eigenvalue weighted by Crippen LogP contribution is -2.07. The topological polar surface area (TPSA) is 32.7 Å². The Kier molecular flexibility index (Phi) is 4.08. The number of carbonyl (C=O) groups excluding carboxylic acids is 1. The first-order valence-corrected chi connectivity index (χ1v) is 6.07. The molecule has 2 rings (SSSR count). The van der Waals surface area contributed by atoms with Crippen LogP contribution in [-0.2, 0) is 0 Å². The summed E-state index contributed by atoms with van der Waals surface area (Å²) >= 11 is 0. The van der Waals surface area contributed by atoms with Crippen LogP contribution in [0.3, 0.4) is 0 Å². The largest absolute Gasteiger partial charge is 0.369 e. The zero-order chi connectivity index (χ0) is 13.7. The van der Waals surface area contributed by atoms with Gasteiger partial charge in [-0.3, -0.25) is 4.79 Å². The number of ketones is 1. The fraction of sp³-hybridized carbons (Fsp3) is 0.125. The van der Waals surface area contributed by atoms with Crippen LogP contribution in [0, 0.1) is 0 Å². The highest BCUT2D eigenvalue weighted by atomic mass is 16.1. The Bertz CT molecular complexity index is 589. The van der Waals surface area contributed by atoms with Crippen molar-refractivity contribution in [1.82, 2.24) is 4.90 Å². The molecule has 19 heavy (non-hydrogen) atoms. The van der Waals surface area contributed by atoms with Crippen LogP contribution in [0.2, 0.25) is 0 Å². The predicted molar refractivity (Wildman–Crippen MR) is 78.2 cm³/mol. The number of nitrogens with zero attached hydrogens (tertiary/aromatic N) is 2. The van der Waals surface area contributed by atoms with Crippen LogP contribution in [0.15, 0.2) is 59.6 Å². The van der Waals surface area contributed by atoms with Crippen molar-refractivity contribution in [3.05, 3.63) is 65.7 Å². The maximum Gasteiger partial charge on any atom is 0.193 e. The molecule has 0 aliphatic heterocycles. The minimum atomic E-state index is 0.0162. The number of carbonyl (C=O) groups is 1. The molecular formula is C16H16N2O. The zero-order valence-corrected chi connectivity index (χ0v) is 11.1. The molecule has 0 bridgehead atoms. The molecule has 0 atom stereocenters. The minimum Gasteiger partial charge on any atom is -0.369 e. The fourth-order valence-corrected chi connectivity index (χ4v) is 1.67. The van der Waals surface area contributed by atoms with Crippen LogP contribution < -0.4 is 0 Å². The van der Waals surface area contributed by atoms with E-state index in [9.17, 15) is 4.79 Å². The van der Waals surface area contributed by atoms with Gasteiger partial charge in [-0.1, -0.05) is 42.5 Å². The third-order valence-electron chi connectivity index (χ3n) is 2.58. The molecule has 3 heteroatoms. The van der Waals surface area contributed by atoms with Crippen molar-refractivity contribution < 1.29 is 4.79 Å². The molecule has 3 nitrogen and oxygen atoms in total. The van der Waals surface area contributed by atoms with Crippen molar-refractivity contribution in [3.63, 3.8) is 0 Å². The first-order valence-electron chi connectivity index (χ1n) is 6.07. The second-order valence-electron chi connectivity index (χ2n) is 4.45. The predicted octanol–water partition coefficient (Wildman–Crippen LogP) is 3.14. The molecule has 2 aromatic carbocycles. The number of hydrogen-bond donors (Lipinski definition) is 0. The molecule has 0 aromatic heterocycles. The van der Waals surface area contributed by atoms with E-state index < -0.39 is 0 Å². The molecular weight excluding hydrogens is 236 g/mol. The lowest BCUT2D eigenvalue weighted by molar-refractivity contribution is 0.103. The Morgan fingerprint density at radius 1 is 1.00 bits per heavy atom. The quantitative estimate of drug-likeness (QED) is 0.476. The second-order valence-corrected chi connectivity index (χ2v) is 4.45. The van der Waals surface area contributed by atoms with Crippen LogP contribution in [0.4, 0.5) is 5.69 Å². The first-order chi connectivity index (χ1) is 9.16. The highest BCUT2D eigenvalue weighted by molar-refractivity contribution is 6.09. The summed E-state index contributed by atoms with van der Waals surface area (Å²) in [6, 6.07) is 16.6. The molecule has 0 unspecified atom stereocenters. The van der Waals surface area contributed by atoms with Crippen molar-refractivity contribution in [3.8, 4) is 0 Å². The van der Waals surface area contributed by atoms with E-state index in [1.807, 2.05) is 67.5 Å². The maximum atomic E-state index is 12.3. The van der Waals surface area contributed by atoms with Gasteiger partial charge in [-0.2, -0.15) is 0 Å². The van der Waals surface area contributed by atoms with Crippen LogP contribution in [0.25, 0.3) is 0 Å². The van der Waals surface area contributed by atoms with Gasteiger partial charge in [0.25, 0.3) is 0 Å². The Balaban J connectivity index is 2.26. The molecule has 0 N–H and O–H groups in total. The standard InChI is InChI=1S/C16H16N2O/c1-18(2)12-17-15-10-6-9-14(11-15)16(19)13-7-4-3-5-8-13/h3-12H,1-2H3. The van der Waals surface area contributed by atoms with Crippen LogP contribution >= 0.6 is 0 Å². The molecule has 0 heterocycles. The van der Waals surface area contributed by atoms with Gasteiger partial charge in [0.15, 0.2) is 5.78 Å². The average molecular weight is 252 g/mol. The summed E-state index contributed by atoms with van der Waals surface area (Å²) in [6.45, 7) is 0. The second kappa shape index (κ2) is 5.96. The van der Waals surface area contributed by atoms with E-state index in [0.717, 1.165) is 5.69 Å². The van der Waals surface area contributed by atoms with Crippen molar-refractivity contribution in [2.75, 3.05) is 14.1 Å². The molecule has 0 saturated heterocycles. The van der Waals surface area contributed by atoms with E-state index in [-0.39, 0.29) is 5.78 Å². The highest BCUT2D eigenvalue weighted by Gasteiger charge is 2.08. The number of rotatable bonds is 4. The normalized spacial score (nSPS) is 10.6. The van der Waals surface area contributed by atoms with Gasteiger partial charge in [-0.15, -0.1) is 0 Å². The van der Waals surface area contributed by atoms with Gasteiger partial charge in [0.2, 0.25) is 0 Å². The summed E-state index contributed by atoms with van der Waals surface area (Å²) in [5.41, 5.74) is 2.12. The summed E-state index contributed by atoms with van der Waals surface area (Å²) in [4.78, 5) is 18.4. The third-order valence-corrected chi connectivity index (χ3v) is 2.58. The molecule has 2 aromatic rings. The van der Waals surface area contributed by atoms with E-state index >= 15 is 0 Å². The van der Waals surface area contributed by atoms with Crippen molar-refractivity contribution >= 4 is 17.8 Å². The molecule has 0 fully saturated rings. The van der Waals surface area contributed by atoms with Crippen LogP contribution in [0.1, 0.15) is 15.9 Å². The van der Waals surface area contributed by atoms with Gasteiger partial charge in [0, 0.05) is 25.2 Å². The monoisotopic (exact) mass is 252 g/mol. The van der Waals surface area contributed by atoms with Crippen LogP contribution in [-0.4, -0.2) is 31.1 Å². The summed E-state index contributed by atoms with van der Waals surface area (Å²) in [6.07, 6.45) is 1.71. The molecule has 0 amide bonds. The summed E-state index contributed by atoms with van der Waals surface area (Å²) in [5.74, 6) is 0.0162. The van der Waals surface area contributed by atoms with Gasteiger partial charge >= 0.3 is 0 Å². The first kappa shape index (κ1) is 13.0. The summed E-state index contributed by atoms with van der Waals surface area (Å²) < 4.78 is 0. The Labute approximate surface area is 113 Å². The number of aliphatic imine (C=N–C) groups is 1. The van der Waals surface area contributed by atoms with Gasteiger partial charge < -0.3 is 4.90 Å². The Morgan fingerprint density at radius 3 is 2.37 bits per heavy atom. The highest BCUT2D eigenvalue weighted by Crippen LogP contribution is 2.16. The smallest absolute Gasteiger partial charge is 0.193 e. The molecule has 0 aliphatic carbocycles. The van der Waals surface area contributed by atoms with Crippen molar-refractivity contribution in [2.24, 2.45) is 4.99 Å². The van der Waals surface area contributed by atoms with Gasteiger partial charge in [0.05, 0.1) is 12.0 Å². The Morgan fingerprint density at radius 2 is 1.68 bits per heavy atom.